The molecule has 18 nitrogen and oxygen atoms in total. The molecule has 0 unspecified atom stereocenters. The van der Waals surface area contributed by atoms with Crippen LogP contribution < -0.4 is 26.8 Å². The summed E-state index contributed by atoms with van der Waals surface area (Å²) in [6.45, 7) is 0.553. The number of halogens is 1. The van der Waals surface area contributed by atoms with Crippen molar-refractivity contribution in [1.82, 2.24) is 10.2 Å². The Bertz CT molecular complexity index is 2440. The lowest BCUT2D eigenvalue weighted by Gasteiger charge is -2.44. The molecule has 5 atom stereocenters. The zero-order chi connectivity index (χ0) is 43.4. The van der Waals surface area contributed by atoms with Gasteiger partial charge in [0.05, 0.1) is 11.9 Å². The van der Waals surface area contributed by atoms with E-state index in [1.54, 1.807) is 29.2 Å². The molecule has 0 radical (unpaired) electrons. The van der Waals surface area contributed by atoms with E-state index in [0.29, 0.717) is 18.5 Å². The highest BCUT2D eigenvalue weighted by atomic mass is 32.2. The topological polar surface area (TPSA) is 285 Å². The van der Waals surface area contributed by atoms with Crippen molar-refractivity contribution in [3.63, 3.8) is 0 Å². The van der Waals surface area contributed by atoms with E-state index >= 15 is 0 Å². The number of rotatable bonds is 13. The van der Waals surface area contributed by atoms with E-state index in [1.165, 1.54) is 24.3 Å². The second-order valence-electron chi connectivity index (χ2n) is 14.8. The van der Waals surface area contributed by atoms with E-state index in [2.05, 4.69) is 24.7 Å². The first-order valence-electron chi connectivity index (χ1n) is 18.9. The molecule has 2 amide bonds. The first-order valence-corrected chi connectivity index (χ1v) is 22.2. The summed E-state index contributed by atoms with van der Waals surface area (Å²) in [4.78, 5) is 41.7. The maximum absolute atomic E-state index is 13.9. The van der Waals surface area contributed by atoms with Gasteiger partial charge in [0.2, 0.25) is 10.0 Å². The number of carbonyl (C=O) groups excluding carboxylic acids is 2. The Morgan fingerprint density at radius 2 is 1.77 bits per heavy atom. The Hall–Kier alpha value is -6.22. The number of carboxylic acids is 1. The van der Waals surface area contributed by atoms with Crippen molar-refractivity contribution in [2.75, 3.05) is 22.8 Å². The largest absolute Gasteiger partial charge is 0.511 e. The number of carbonyl (C=O) groups is 3. The van der Waals surface area contributed by atoms with Gasteiger partial charge in [-0.3, -0.25) is 14.5 Å². The number of sulfonamides is 2. The Balaban J connectivity index is 0.000000235. The second kappa shape index (κ2) is 18.0. The smallest absolute Gasteiger partial charge is 0.408 e. The van der Waals surface area contributed by atoms with Crippen LogP contribution in [0, 0.1) is 23.6 Å². The van der Waals surface area contributed by atoms with Crippen LogP contribution in [0.2, 0.25) is 0 Å². The number of amides is 2. The maximum atomic E-state index is 13.9. The summed E-state index contributed by atoms with van der Waals surface area (Å²) in [5, 5.41) is 25.6. The van der Waals surface area contributed by atoms with Crippen LogP contribution >= 0.6 is 0 Å². The number of nitrogens with zero attached hydrogens (tertiary/aromatic N) is 3. The Kier molecular flexibility index (Phi) is 13.0. The summed E-state index contributed by atoms with van der Waals surface area (Å²) in [6.07, 6.45) is 3.49. The van der Waals surface area contributed by atoms with Crippen molar-refractivity contribution in [1.29, 1.82) is 0 Å². The first kappa shape index (κ1) is 43.4. The van der Waals surface area contributed by atoms with Crippen molar-refractivity contribution in [3.05, 3.63) is 101 Å². The number of fused-ring (bicyclic) bond motifs is 6. The molecule has 9 N–H and O–H groups in total. The fraction of sp³-hybridized carbons (Fsp3) is 0.359. The van der Waals surface area contributed by atoms with E-state index in [4.69, 9.17) is 21.3 Å². The normalized spacial score (nSPS) is 21.5. The van der Waals surface area contributed by atoms with Crippen molar-refractivity contribution >= 4 is 61.2 Å². The molecule has 3 aromatic rings. The molecule has 2 fully saturated rings. The fourth-order valence-corrected chi connectivity index (χ4v) is 9.75. The van der Waals surface area contributed by atoms with Gasteiger partial charge >= 0.3 is 12.1 Å². The fourth-order valence-electron chi connectivity index (χ4n) is 8.05. The number of aliphatic hydroxyl groups is 1. The zero-order valence-corrected chi connectivity index (χ0v) is 34.0. The number of carboxylic acid groups (broad SMARTS) is 1. The molecule has 3 aromatic carbocycles. The predicted octanol–water partition coefficient (Wildman–Crippen LogP) is 3.40. The summed E-state index contributed by atoms with van der Waals surface area (Å²) in [5.41, 5.74) is 11.8. The number of hydrogen-bond acceptors (Lipinski definition) is 11. The van der Waals surface area contributed by atoms with Gasteiger partial charge in [0.15, 0.2) is 11.8 Å². The number of nitrogens with two attached hydrogens (primary N) is 2. The molecule has 60 heavy (non-hydrogen) atoms. The lowest BCUT2D eigenvalue weighted by molar-refractivity contribution is -0.139. The third kappa shape index (κ3) is 10.3. The van der Waals surface area contributed by atoms with Gasteiger partial charge < -0.3 is 42.0 Å². The molecule has 21 heteroatoms. The minimum Gasteiger partial charge on any atom is -0.511 e. The average Bonchev–Trinajstić information content (AvgIpc) is 3.81. The molecule has 320 valence electrons. The minimum atomic E-state index is -4.35. The number of aliphatic carboxylic acids is 1. The van der Waals surface area contributed by atoms with Crippen LogP contribution in [0.4, 0.5) is 20.6 Å². The summed E-state index contributed by atoms with van der Waals surface area (Å²) in [5.74, 6) is -2.57. The Morgan fingerprint density at radius 1 is 1.07 bits per heavy atom. The Labute approximate surface area is 345 Å². The molecule has 2 saturated carbocycles. The SMILES string of the molecule is CS(=O)(=O)Nc1ccc2c(c1)S(=O)(=O)N=C(C1=C(O)[C@@H]3[C@@H]4CC[C@H](C4)[C@@H]3N(Cc3ccc(F)cc3)C1=O)N2.NC(N)=NCCC[C@H](NC(=O)OCc1ccccc1)C(=O)O. The molecule has 0 aromatic heterocycles. The number of aliphatic hydroxyl groups excluding tert-OH is 1. The second-order valence-corrected chi connectivity index (χ2v) is 18.2. The number of guanidine groups is 1. The molecule has 4 aliphatic rings. The van der Waals surface area contributed by atoms with Crippen LogP contribution in [-0.4, -0.2) is 86.6 Å². The number of alkyl carbamates (subject to hydrolysis) is 1. The van der Waals surface area contributed by atoms with Gasteiger partial charge in [0.25, 0.3) is 15.9 Å². The standard InChI is InChI=1S/C25H25FN4O6S2.C14H20N4O4/c1-37(33,34)28-17-8-9-18-19(11-17)38(35,36)29-24(27-18)21-23(31)20-14-4-5-15(10-14)22(20)30(25(21)32)12-13-2-6-16(26)7-3-13;15-13(16)17-8-4-7-11(12(19)20)18-14(21)22-9-10-5-2-1-3-6-10/h2-3,6-9,11,14-15,20,22,28,31H,4-5,10,12H2,1H3,(H,27,29);1-3,5-6,11H,4,7-9H2,(H,18,21)(H,19,20)(H4,15,16,17)/t14-,15-,20-,22+;11-/m10/s1. The number of hydrogen-bond donors (Lipinski definition) is 7. The molecule has 2 bridgehead atoms. The third-order valence-electron chi connectivity index (χ3n) is 10.6. The summed E-state index contributed by atoms with van der Waals surface area (Å²) < 4.78 is 74.0. The van der Waals surface area contributed by atoms with Crippen LogP contribution in [-0.2, 0) is 47.5 Å². The van der Waals surface area contributed by atoms with Crippen molar-refractivity contribution in [2.45, 2.75) is 62.2 Å². The summed E-state index contributed by atoms with van der Waals surface area (Å²) in [6, 6.07) is 17.5. The molecule has 7 rings (SSSR count). The van der Waals surface area contributed by atoms with Gasteiger partial charge in [-0.2, -0.15) is 8.42 Å². The molecule has 2 heterocycles. The minimum absolute atomic E-state index is 0.0429. The molecule has 0 saturated heterocycles. The van der Waals surface area contributed by atoms with E-state index in [0.717, 1.165) is 37.1 Å². The Morgan fingerprint density at radius 3 is 2.43 bits per heavy atom. The van der Waals surface area contributed by atoms with Crippen molar-refractivity contribution in [3.8, 4) is 0 Å². The number of ether oxygens (including phenoxy) is 1. The molecular weight excluding hydrogens is 824 g/mol. The maximum Gasteiger partial charge on any atom is 0.408 e. The van der Waals surface area contributed by atoms with E-state index < -0.39 is 49.9 Å². The highest BCUT2D eigenvalue weighted by Gasteiger charge is 2.57. The molecule has 2 aliphatic carbocycles. The van der Waals surface area contributed by atoms with E-state index in [-0.39, 0.29) is 82.8 Å². The highest BCUT2D eigenvalue weighted by molar-refractivity contribution is 7.92. The number of nitrogens with one attached hydrogen (secondary N) is 3. The first-order chi connectivity index (χ1) is 28.4. The quantitative estimate of drug-likeness (QED) is 0.0738. The predicted molar refractivity (Wildman–Crippen MR) is 219 cm³/mol. The van der Waals surface area contributed by atoms with Crippen LogP contribution in [0.5, 0.6) is 0 Å². The summed E-state index contributed by atoms with van der Waals surface area (Å²) >= 11 is 0. The van der Waals surface area contributed by atoms with E-state index in [1.807, 2.05) is 18.2 Å². The lowest BCUT2D eigenvalue weighted by atomic mass is 9.77. The third-order valence-corrected chi connectivity index (χ3v) is 12.5. The lowest BCUT2D eigenvalue weighted by Crippen LogP contribution is -2.53. The van der Waals surface area contributed by atoms with Crippen LogP contribution in [0.15, 0.2) is 98.4 Å². The molecule has 0 spiro atoms. The van der Waals surface area contributed by atoms with Crippen LogP contribution in [0.3, 0.4) is 0 Å². The van der Waals surface area contributed by atoms with E-state index in [9.17, 15) is 40.7 Å². The van der Waals surface area contributed by atoms with Crippen LogP contribution in [0.1, 0.15) is 43.2 Å². The monoisotopic (exact) mass is 868 g/mol. The molecular formula is C39H45FN8O10S2. The zero-order valence-electron chi connectivity index (χ0n) is 32.3. The van der Waals surface area contributed by atoms with Gasteiger partial charge in [-0.1, -0.05) is 42.5 Å². The molecule has 2 aliphatic heterocycles. The van der Waals surface area contributed by atoms with Crippen LogP contribution in [0.25, 0.3) is 0 Å². The number of aliphatic imine (C=N–C) groups is 1. The van der Waals surface area contributed by atoms with Gasteiger partial charge in [-0.05, 0) is 85.4 Å². The number of anilines is 2. The van der Waals surface area contributed by atoms with Gasteiger partial charge in [-0.25, -0.2) is 22.4 Å². The highest BCUT2D eigenvalue weighted by Crippen LogP contribution is 2.55. The number of benzene rings is 3. The number of amidine groups is 1. The van der Waals surface area contributed by atoms with Gasteiger partial charge in [0.1, 0.15) is 34.7 Å². The average molecular weight is 869 g/mol. The van der Waals surface area contributed by atoms with Gasteiger partial charge in [0, 0.05) is 30.7 Å². The van der Waals surface area contributed by atoms with Crippen molar-refractivity contribution < 1.29 is 50.6 Å². The van der Waals surface area contributed by atoms with Gasteiger partial charge in [-0.15, -0.1) is 4.40 Å². The summed E-state index contributed by atoms with van der Waals surface area (Å²) in [7, 11) is -7.99. The van der Waals surface area contributed by atoms with Crippen molar-refractivity contribution in [2.24, 2.45) is 38.6 Å².